The van der Waals surface area contributed by atoms with Gasteiger partial charge in [0.2, 0.25) is 5.91 Å². The molecule has 0 saturated heterocycles. The number of likely N-dealkylation sites (N-methyl/N-ethyl adjacent to an activating group) is 1. The predicted octanol–water partition coefficient (Wildman–Crippen LogP) is 1.26. The summed E-state index contributed by atoms with van der Waals surface area (Å²) in [6, 6.07) is 8.97. The molecule has 1 aromatic rings. The standard InChI is InChI=1S/C15H20N2O2/c1-3-8-14(16)15(18)17(2)11-7-12-19-13-9-5-4-6-10-13/h1,4-6,9-10,14H,7-8,11-12,16H2,2H3. The van der Waals surface area contributed by atoms with E-state index >= 15 is 0 Å². The first-order chi connectivity index (χ1) is 9.15. The number of benzene rings is 1. The van der Waals surface area contributed by atoms with Gasteiger partial charge >= 0.3 is 0 Å². The van der Waals surface area contributed by atoms with E-state index in [2.05, 4.69) is 5.92 Å². The lowest BCUT2D eigenvalue weighted by molar-refractivity contribution is -0.131. The molecule has 1 amide bonds. The molecule has 2 N–H and O–H groups in total. The minimum absolute atomic E-state index is 0.127. The zero-order valence-electron chi connectivity index (χ0n) is 11.2. The van der Waals surface area contributed by atoms with Gasteiger partial charge in [-0.3, -0.25) is 4.79 Å². The molecule has 0 radical (unpaired) electrons. The molecule has 4 heteroatoms. The number of nitrogens with zero attached hydrogens (tertiary/aromatic N) is 1. The third-order valence-electron chi connectivity index (χ3n) is 2.68. The Morgan fingerprint density at radius 3 is 2.79 bits per heavy atom. The first-order valence-electron chi connectivity index (χ1n) is 6.27. The third kappa shape index (κ3) is 5.45. The molecule has 0 spiro atoms. The largest absolute Gasteiger partial charge is 0.494 e. The molecule has 0 heterocycles. The minimum Gasteiger partial charge on any atom is -0.494 e. The molecule has 19 heavy (non-hydrogen) atoms. The normalized spacial score (nSPS) is 11.4. The van der Waals surface area contributed by atoms with Crippen molar-refractivity contribution in [3.63, 3.8) is 0 Å². The Kier molecular flexibility index (Phi) is 6.48. The fourth-order valence-electron chi connectivity index (χ4n) is 1.62. The summed E-state index contributed by atoms with van der Waals surface area (Å²) in [7, 11) is 1.72. The van der Waals surface area contributed by atoms with E-state index in [4.69, 9.17) is 16.9 Å². The number of amides is 1. The van der Waals surface area contributed by atoms with Crippen molar-refractivity contribution in [3.05, 3.63) is 30.3 Å². The summed E-state index contributed by atoms with van der Waals surface area (Å²) in [6.07, 6.45) is 6.15. The van der Waals surface area contributed by atoms with Crippen LogP contribution in [0.3, 0.4) is 0 Å². The van der Waals surface area contributed by atoms with Crippen LogP contribution >= 0.6 is 0 Å². The van der Waals surface area contributed by atoms with Gasteiger partial charge in [-0.05, 0) is 18.6 Å². The van der Waals surface area contributed by atoms with Gasteiger partial charge in [0.25, 0.3) is 0 Å². The predicted molar refractivity (Wildman–Crippen MR) is 75.6 cm³/mol. The van der Waals surface area contributed by atoms with Crippen molar-refractivity contribution in [1.82, 2.24) is 4.90 Å². The Labute approximate surface area is 114 Å². The Balaban J connectivity index is 2.22. The first-order valence-corrected chi connectivity index (χ1v) is 6.27. The van der Waals surface area contributed by atoms with Crippen LogP contribution in [0.15, 0.2) is 30.3 Å². The van der Waals surface area contributed by atoms with Gasteiger partial charge in [0.15, 0.2) is 0 Å². The maximum Gasteiger partial charge on any atom is 0.240 e. The molecule has 0 aliphatic heterocycles. The Bertz CT molecular complexity index is 426. The number of terminal acetylenes is 1. The van der Waals surface area contributed by atoms with Crippen molar-refractivity contribution in [1.29, 1.82) is 0 Å². The molecule has 1 atom stereocenters. The molecular weight excluding hydrogens is 240 g/mol. The second-order valence-electron chi connectivity index (χ2n) is 4.29. The highest BCUT2D eigenvalue weighted by Crippen LogP contribution is 2.08. The highest BCUT2D eigenvalue weighted by Gasteiger charge is 2.16. The van der Waals surface area contributed by atoms with Crippen molar-refractivity contribution in [2.75, 3.05) is 20.2 Å². The van der Waals surface area contributed by atoms with Crippen LogP contribution in [0.5, 0.6) is 5.75 Å². The lowest BCUT2D eigenvalue weighted by Gasteiger charge is -2.20. The molecule has 0 aliphatic rings. The van der Waals surface area contributed by atoms with Crippen molar-refractivity contribution in [2.24, 2.45) is 5.73 Å². The van der Waals surface area contributed by atoms with E-state index in [0.717, 1.165) is 12.2 Å². The number of carbonyl (C=O) groups excluding carboxylic acids is 1. The highest BCUT2D eigenvalue weighted by atomic mass is 16.5. The highest BCUT2D eigenvalue weighted by molar-refractivity contribution is 5.81. The monoisotopic (exact) mass is 260 g/mol. The van der Waals surface area contributed by atoms with Crippen molar-refractivity contribution in [2.45, 2.75) is 18.9 Å². The van der Waals surface area contributed by atoms with Crippen LogP contribution in [0.25, 0.3) is 0 Å². The van der Waals surface area contributed by atoms with E-state index < -0.39 is 6.04 Å². The van der Waals surface area contributed by atoms with Crippen LogP contribution in [-0.2, 0) is 4.79 Å². The zero-order chi connectivity index (χ0) is 14.1. The lowest BCUT2D eigenvalue weighted by atomic mass is 10.2. The van der Waals surface area contributed by atoms with E-state index in [0.29, 0.717) is 13.2 Å². The lowest BCUT2D eigenvalue weighted by Crippen LogP contribution is -2.42. The van der Waals surface area contributed by atoms with Gasteiger partial charge < -0.3 is 15.4 Å². The second kappa shape index (κ2) is 8.17. The molecule has 1 rings (SSSR count). The quantitative estimate of drug-likeness (QED) is 0.593. The summed E-state index contributed by atoms with van der Waals surface area (Å²) in [6.45, 7) is 1.16. The van der Waals surface area contributed by atoms with Crippen LogP contribution in [-0.4, -0.2) is 37.0 Å². The molecule has 0 saturated carbocycles. The molecule has 0 aliphatic carbocycles. The van der Waals surface area contributed by atoms with E-state index in [-0.39, 0.29) is 12.3 Å². The van der Waals surface area contributed by atoms with Gasteiger partial charge in [0.1, 0.15) is 5.75 Å². The first kappa shape index (κ1) is 15.1. The molecule has 0 fully saturated rings. The number of carbonyl (C=O) groups is 1. The number of hydrogen-bond acceptors (Lipinski definition) is 3. The number of para-hydroxylation sites is 1. The maximum absolute atomic E-state index is 11.8. The Hall–Kier alpha value is -1.99. The summed E-state index contributed by atoms with van der Waals surface area (Å²) < 4.78 is 5.54. The summed E-state index contributed by atoms with van der Waals surface area (Å²) in [4.78, 5) is 13.4. The molecule has 4 nitrogen and oxygen atoms in total. The summed E-state index contributed by atoms with van der Waals surface area (Å²) >= 11 is 0. The summed E-state index contributed by atoms with van der Waals surface area (Å²) in [5.74, 6) is 3.10. The molecular formula is C15H20N2O2. The Morgan fingerprint density at radius 2 is 2.16 bits per heavy atom. The molecule has 102 valence electrons. The fraction of sp³-hybridized carbons (Fsp3) is 0.400. The average Bonchev–Trinajstić information content (AvgIpc) is 2.44. The van der Waals surface area contributed by atoms with Crippen LogP contribution in [0.4, 0.5) is 0 Å². The van der Waals surface area contributed by atoms with Crippen molar-refractivity contribution in [3.8, 4) is 18.1 Å². The van der Waals surface area contributed by atoms with Gasteiger partial charge in [-0.25, -0.2) is 0 Å². The average molecular weight is 260 g/mol. The Morgan fingerprint density at radius 1 is 1.47 bits per heavy atom. The van der Waals surface area contributed by atoms with Crippen LogP contribution < -0.4 is 10.5 Å². The van der Waals surface area contributed by atoms with E-state index in [1.807, 2.05) is 30.3 Å². The maximum atomic E-state index is 11.8. The van der Waals surface area contributed by atoms with Crippen LogP contribution in [0.2, 0.25) is 0 Å². The van der Waals surface area contributed by atoms with Gasteiger partial charge in [0.05, 0.1) is 12.6 Å². The van der Waals surface area contributed by atoms with Crippen molar-refractivity contribution < 1.29 is 9.53 Å². The molecule has 1 unspecified atom stereocenters. The SMILES string of the molecule is C#CCC(N)C(=O)N(C)CCCOc1ccccc1. The zero-order valence-corrected chi connectivity index (χ0v) is 11.2. The van der Waals surface area contributed by atoms with Gasteiger partial charge in [-0.1, -0.05) is 18.2 Å². The molecule has 0 aromatic heterocycles. The topological polar surface area (TPSA) is 55.6 Å². The van der Waals surface area contributed by atoms with Crippen LogP contribution in [0.1, 0.15) is 12.8 Å². The second-order valence-corrected chi connectivity index (χ2v) is 4.29. The molecule has 0 bridgehead atoms. The minimum atomic E-state index is -0.606. The number of hydrogen-bond donors (Lipinski definition) is 1. The van der Waals surface area contributed by atoms with E-state index in [1.165, 1.54) is 0 Å². The molecule has 1 aromatic carbocycles. The summed E-state index contributed by atoms with van der Waals surface area (Å²) in [5, 5.41) is 0. The van der Waals surface area contributed by atoms with Gasteiger partial charge in [0, 0.05) is 20.0 Å². The van der Waals surface area contributed by atoms with E-state index in [1.54, 1.807) is 11.9 Å². The third-order valence-corrected chi connectivity index (χ3v) is 2.68. The van der Waals surface area contributed by atoms with Crippen molar-refractivity contribution >= 4 is 5.91 Å². The number of nitrogens with two attached hydrogens (primary N) is 1. The van der Waals surface area contributed by atoms with Crippen LogP contribution in [0, 0.1) is 12.3 Å². The van der Waals surface area contributed by atoms with E-state index in [9.17, 15) is 4.79 Å². The van der Waals surface area contributed by atoms with Gasteiger partial charge in [-0.15, -0.1) is 12.3 Å². The smallest absolute Gasteiger partial charge is 0.240 e. The number of rotatable bonds is 7. The number of ether oxygens (including phenoxy) is 1. The fourth-order valence-corrected chi connectivity index (χ4v) is 1.62. The summed E-state index contributed by atoms with van der Waals surface area (Å²) in [5.41, 5.74) is 5.66. The van der Waals surface area contributed by atoms with Gasteiger partial charge in [-0.2, -0.15) is 0 Å².